The van der Waals surface area contributed by atoms with Crippen LogP contribution in [0.15, 0.2) is 48.8 Å². The van der Waals surface area contributed by atoms with Crippen molar-refractivity contribution < 1.29 is 4.74 Å². The van der Waals surface area contributed by atoms with Crippen molar-refractivity contribution in [3.63, 3.8) is 0 Å². The lowest BCUT2D eigenvalue weighted by Gasteiger charge is -2.16. The number of aromatic nitrogens is 2. The second-order valence-electron chi connectivity index (χ2n) is 5.20. The number of benzene rings is 1. The van der Waals surface area contributed by atoms with E-state index in [0.717, 1.165) is 35.4 Å². The number of nitrogens with zero attached hydrogens (tertiary/aromatic N) is 2. The van der Waals surface area contributed by atoms with Crippen LogP contribution in [0.5, 0.6) is 5.75 Å². The molecule has 3 heterocycles. The fraction of sp³-hybridized carbons (Fsp3) is 0.188. The Bertz CT molecular complexity index is 796. The second-order valence-corrected chi connectivity index (χ2v) is 5.20. The topological polar surface area (TPSA) is 64.6 Å². The molecular weight excluding hydrogens is 264 g/mol. The van der Waals surface area contributed by atoms with Crippen LogP contribution in [0.25, 0.3) is 5.52 Å². The highest BCUT2D eigenvalue weighted by Crippen LogP contribution is 2.31. The third-order valence-electron chi connectivity index (χ3n) is 3.98. The number of nitrogens with one attached hydrogen (secondary N) is 1. The van der Waals surface area contributed by atoms with Gasteiger partial charge < -0.3 is 4.74 Å². The van der Waals surface area contributed by atoms with Crippen LogP contribution in [0.2, 0.25) is 0 Å². The summed E-state index contributed by atoms with van der Waals surface area (Å²) in [6.45, 7) is 0.760. The van der Waals surface area contributed by atoms with E-state index in [4.69, 9.17) is 10.6 Å². The molecule has 3 aromatic rings. The Balaban J connectivity index is 1.81. The summed E-state index contributed by atoms with van der Waals surface area (Å²) >= 11 is 0. The molecule has 1 atom stereocenters. The van der Waals surface area contributed by atoms with Crippen LogP contribution in [0.4, 0.5) is 0 Å². The molecule has 21 heavy (non-hydrogen) atoms. The third kappa shape index (κ3) is 1.98. The van der Waals surface area contributed by atoms with Crippen molar-refractivity contribution in [2.45, 2.75) is 12.5 Å². The Kier molecular flexibility index (Phi) is 2.87. The first-order valence-electron chi connectivity index (χ1n) is 7.01. The van der Waals surface area contributed by atoms with Crippen molar-refractivity contribution in [3.8, 4) is 5.75 Å². The molecule has 0 spiro atoms. The van der Waals surface area contributed by atoms with Gasteiger partial charge in [-0.15, -0.1) is 0 Å². The lowest BCUT2D eigenvalue weighted by atomic mass is 9.98. The molecule has 0 fully saturated rings. The lowest BCUT2D eigenvalue weighted by Crippen LogP contribution is -2.28. The molecule has 3 N–H and O–H groups in total. The maximum absolute atomic E-state index is 5.81. The molecule has 0 aliphatic carbocycles. The first-order valence-corrected chi connectivity index (χ1v) is 7.01. The Morgan fingerprint density at radius 3 is 3.14 bits per heavy atom. The summed E-state index contributed by atoms with van der Waals surface area (Å²) in [6.07, 6.45) is 4.75. The highest BCUT2D eigenvalue weighted by Gasteiger charge is 2.20. The lowest BCUT2D eigenvalue weighted by molar-refractivity contribution is 0.357. The maximum Gasteiger partial charge on any atom is 0.122 e. The van der Waals surface area contributed by atoms with Crippen LogP contribution >= 0.6 is 0 Å². The molecule has 1 unspecified atom stereocenters. The monoisotopic (exact) mass is 280 g/mol. The van der Waals surface area contributed by atoms with E-state index in [0.29, 0.717) is 0 Å². The van der Waals surface area contributed by atoms with Crippen LogP contribution in [0, 0.1) is 0 Å². The van der Waals surface area contributed by atoms with Gasteiger partial charge in [-0.2, -0.15) is 5.10 Å². The van der Waals surface area contributed by atoms with Gasteiger partial charge >= 0.3 is 0 Å². The highest BCUT2D eigenvalue weighted by molar-refractivity contribution is 5.57. The predicted octanol–water partition coefficient (Wildman–Crippen LogP) is 1.82. The molecule has 0 saturated carbocycles. The smallest absolute Gasteiger partial charge is 0.122 e. The zero-order chi connectivity index (χ0) is 14.2. The molecular formula is C16H16N4O. The SMILES string of the molecule is NNC(c1ccc2c(c1)CCO2)c1cnn2ccccc12. The number of hydrogen-bond acceptors (Lipinski definition) is 4. The number of nitrogens with two attached hydrogens (primary N) is 1. The van der Waals surface area contributed by atoms with Gasteiger partial charge in [0.2, 0.25) is 0 Å². The van der Waals surface area contributed by atoms with Crippen molar-refractivity contribution in [3.05, 3.63) is 65.5 Å². The minimum atomic E-state index is -0.0872. The number of fused-ring (bicyclic) bond motifs is 2. The summed E-state index contributed by atoms with van der Waals surface area (Å²) < 4.78 is 7.42. The fourth-order valence-corrected chi connectivity index (χ4v) is 2.93. The van der Waals surface area contributed by atoms with Gasteiger partial charge in [-0.05, 0) is 29.3 Å². The first kappa shape index (κ1) is 12.4. The second kappa shape index (κ2) is 4.87. The van der Waals surface area contributed by atoms with Gasteiger partial charge in [0.1, 0.15) is 5.75 Å². The molecule has 5 heteroatoms. The van der Waals surface area contributed by atoms with E-state index < -0.39 is 0 Å². The van der Waals surface area contributed by atoms with Crippen LogP contribution in [0.1, 0.15) is 22.7 Å². The molecule has 0 saturated heterocycles. The molecule has 2 aromatic heterocycles. The van der Waals surface area contributed by atoms with E-state index >= 15 is 0 Å². The average Bonchev–Trinajstić information content (AvgIpc) is 3.15. The van der Waals surface area contributed by atoms with E-state index in [1.54, 1.807) is 0 Å². The van der Waals surface area contributed by atoms with Gasteiger partial charge in [-0.3, -0.25) is 5.84 Å². The minimum absolute atomic E-state index is 0.0872. The quantitative estimate of drug-likeness (QED) is 0.567. The van der Waals surface area contributed by atoms with Crippen molar-refractivity contribution in [1.29, 1.82) is 0 Å². The van der Waals surface area contributed by atoms with Crippen LogP contribution in [-0.4, -0.2) is 16.2 Å². The molecule has 1 aromatic carbocycles. The first-order chi connectivity index (χ1) is 10.4. The van der Waals surface area contributed by atoms with E-state index in [9.17, 15) is 0 Å². The number of hydrogen-bond donors (Lipinski definition) is 2. The standard InChI is InChI=1S/C16H16N4O/c17-19-16(12-4-5-15-11(9-12)6-8-21-15)13-10-18-20-7-2-1-3-14(13)20/h1-5,7,9-10,16,19H,6,8,17H2. The number of ether oxygens (including phenoxy) is 1. The number of pyridine rings is 1. The van der Waals surface area contributed by atoms with E-state index in [1.807, 2.05) is 41.2 Å². The van der Waals surface area contributed by atoms with Gasteiger partial charge in [0.25, 0.3) is 0 Å². The molecule has 106 valence electrons. The zero-order valence-electron chi connectivity index (χ0n) is 11.5. The Morgan fingerprint density at radius 1 is 1.29 bits per heavy atom. The van der Waals surface area contributed by atoms with Crippen molar-refractivity contribution in [2.24, 2.45) is 5.84 Å². The fourth-order valence-electron chi connectivity index (χ4n) is 2.93. The molecule has 1 aliphatic rings. The van der Waals surface area contributed by atoms with Crippen LogP contribution < -0.4 is 16.0 Å². The van der Waals surface area contributed by atoms with E-state index in [1.165, 1.54) is 5.56 Å². The Labute approximate surface area is 122 Å². The van der Waals surface area contributed by atoms with Gasteiger partial charge in [0.15, 0.2) is 0 Å². The molecule has 1 aliphatic heterocycles. The third-order valence-corrected chi connectivity index (χ3v) is 3.98. The summed E-state index contributed by atoms with van der Waals surface area (Å²) in [6, 6.07) is 12.2. The molecule has 0 bridgehead atoms. The minimum Gasteiger partial charge on any atom is -0.493 e. The summed E-state index contributed by atoms with van der Waals surface area (Å²) in [7, 11) is 0. The number of rotatable bonds is 3. The Hall–Kier alpha value is -2.37. The molecule has 5 nitrogen and oxygen atoms in total. The molecule has 4 rings (SSSR count). The molecule has 0 radical (unpaired) electrons. The van der Waals surface area contributed by atoms with Crippen molar-refractivity contribution in [1.82, 2.24) is 15.0 Å². The summed E-state index contributed by atoms with van der Waals surface area (Å²) in [5, 5.41) is 4.38. The van der Waals surface area contributed by atoms with Gasteiger partial charge in [0.05, 0.1) is 24.4 Å². The van der Waals surface area contributed by atoms with Gasteiger partial charge in [-0.1, -0.05) is 18.2 Å². The van der Waals surface area contributed by atoms with Crippen LogP contribution in [0.3, 0.4) is 0 Å². The van der Waals surface area contributed by atoms with Crippen molar-refractivity contribution >= 4 is 5.52 Å². The van der Waals surface area contributed by atoms with Crippen LogP contribution in [-0.2, 0) is 6.42 Å². The van der Waals surface area contributed by atoms with Gasteiger partial charge in [-0.25, -0.2) is 9.94 Å². The summed E-state index contributed by atoms with van der Waals surface area (Å²) in [5.74, 6) is 6.79. The normalized spacial score (nSPS) is 14.9. The maximum atomic E-state index is 5.81. The molecule has 0 amide bonds. The highest BCUT2D eigenvalue weighted by atomic mass is 16.5. The predicted molar refractivity (Wildman–Crippen MR) is 80.0 cm³/mol. The Morgan fingerprint density at radius 2 is 2.24 bits per heavy atom. The van der Waals surface area contributed by atoms with Gasteiger partial charge in [0, 0.05) is 18.2 Å². The summed E-state index contributed by atoms with van der Waals surface area (Å²) in [5.41, 5.74) is 7.40. The average molecular weight is 280 g/mol. The number of hydrazine groups is 1. The van der Waals surface area contributed by atoms with Crippen molar-refractivity contribution in [2.75, 3.05) is 6.61 Å². The zero-order valence-corrected chi connectivity index (χ0v) is 11.5. The van der Waals surface area contributed by atoms with E-state index in [-0.39, 0.29) is 6.04 Å². The van der Waals surface area contributed by atoms with E-state index in [2.05, 4.69) is 22.7 Å². The largest absolute Gasteiger partial charge is 0.493 e. The summed E-state index contributed by atoms with van der Waals surface area (Å²) in [4.78, 5) is 0.